The number of imidazole rings is 1. The summed E-state index contributed by atoms with van der Waals surface area (Å²) < 4.78 is 36.4. The standard InChI is InChI=1S/C25H25F2N7O3/c1-33-12-15(11-30-33)14-4-9-19-20(32-23(21(26)27)34(19)13-14)24(36)31-16-5-7-17(8-6-16)37-25-18(22(28)35)3-2-10-29-25/h2-4,9-13,16-17,21H,5-8H2,1H3,(H2,28,35)(H,31,36). The first kappa shape index (κ1) is 24.3. The van der Waals surface area contributed by atoms with Gasteiger partial charge in [0.2, 0.25) is 5.88 Å². The van der Waals surface area contributed by atoms with Crippen LogP contribution in [-0.2, 0) is 7.05 Å². The number of ether oxygens (including phenoxy) is 1. The van der Waals surface area contributed by atoms with E-state index in [1.54, 1.807) is 48.4 Å². The summed E-state index contributed by atoms with van der Waals surface area (Å²) in [5, 5.41) is 7.04. The van der Waals surface area contributed by atoms with Crippen LogP contribution < -0.4 is 15.8 Å². The average Bonchev–Trinajstić information content (AvgIpc) is 3.49. The Morgan fingerprint density at radius 3 is 2.59 bits per heavy atom. The number of pyridine rings is 2. The van der Waals surface area contributed by atoms with Crippen molar-refractivity contribution < 1.29 is 23.1 Å². The molecule has 0 radical (unpaired) electrons. The molecule has 3 N–H and O–H groups in total. The molecule has 0 atom stereocenters. The second-order valence-electron chi connectivity index (χ2n) is 8.98. The summed E-state index contributed by atoms with van der Waals surface area (Å²) >= 11 is 0. The summed E-state index contributed by atoms with van der Waals surface area (Å²) in [5.74, 6) is -1.43. The molecule has 1 aliphatic rings. The van der Waals surface area contributed by atoms with E-state index < -0.39 is 24.1 Å². The number of nitrogens with zero attached hydrogens (tertiary/aromatic N) is 5. The maximum atomic E-state index is 13.8. The fraction of sp³-hybridized carbons (Fsp3) is 0.320. The number of rotatable bonds is 7. The number of nitrogens with one attached hydrogen (secondary N) is 1. The molecule has 0 unspecified atom stereocenters. The Morgan fingerprint density at radius 1 is 1.14 bits per heavy atom. The molecule has 1 fully saturated rings. The smallest absolute Gasteiger partial charge is 0.295 e. The number of carbonyl (C=O) groups excluding carboxylic acids is 2. The molecule has 4 aromatic heterocycles. The van der Waals surface area contributed by atoms with Crippen LogP contribution in [0.15, 0.2) is 49.1 Å². The zero-order valence-electron chi connectivity index (χ0n) is 20.0. The fourth-order valence-corrected chi connectivity index (χ4v) is 4.58. The number of amides is 2. The molecule has 12 heteroatoms. The van der Waals surface area contributed by atoms with Gasteiger partial charge < -0.3 is 15.8 Å². The minimum absolute atomic E-state index is 0.0500. The number of carbonyl (C=O) groups is 2. The number of halogens is 2. The van der Waals surface area contributed by atoms with Crippen molar-refractivity contribution in [1.82, 2.24) is 29.5 Å². The number of alkyl halides is 2. The molecule has 0 saturated heterocycles. The van der Waals surface area contributed by atoms with Gasteiger partial charge in [0.15, 0.2) is 11.5 Å². The second-order valence-corrected chi connectivity index (χ2v) is 8.98. The predicted octanol–water partition coefficient (Wildman–Crippen LogP) is 3.29. The lowest BCUT2D eigenvalue weighted by molar-refractivity contribution is 0.0877. The van der Waals surface area contributed by atoms with Crippen molar-refractivity contribution in [2.45, 2.75) is 44.3 Å². The first-order valence-corrected chi connectivity index (χ1v) is 11.8. The molecule has 37 heavy (non-hydrogen) atoms. The van der Waals surface area contributed by atoms with E-state index >= 15 is 0 Å². The van der Waals surface area contributed by atoms with Gasteiger partial charge in [0, 0.05) is 42.8 Å². The minimum atomic E-state index is -2.86. The molecular formula is C25H25F2N7O3. The van der Waals surface area contributed by atoms with Crippen LogP contribution in [0.3, 0.4) is 0 Å². The van der Waals surface area contributed by atoms with Gasteiger partial charge >= 0.3 is 0 Å². The van der Waals surface area contributed by atoms with Gasteiger partial charge in [0.25, 0.3) is 18.2 Å². The van der Waals surface area contributed by atoms with E-state index in [2.05, 4.69) is 20.4 Å². The number of nitrogens with two attached hydrogens (primary N) is 1. The molecule has 5 rings (SSSR count). The van der Waals surface area contributed by atoms with Gasteiger partial charge in [0.05, 0.1) is 11.7 Å². The van der Waals surface area contributed by atoms with Crippen LogP contribution in [0.5, 0.6) is 5.88 Å². The monoisotopic (exact) mass is 509 g/mol. The molecular weight excluding hydrogens is 484 g/mol. The SMILES string of the molecule is Cn1cc(-c2ccc3c(C(=O)NC4CCC(Oc5ncccc5C(N)=O)CC4)nc(C(F)F)n3c2)cn1. The number of aromatic nitrogens is 5. The molecule has 0 bridgehead atoms. The molecule has 0 spiro atoms. The summed E-state index contributed by atoms with van der Waals surface area (Å²) in [6.45, 7) is 0. The predicted molar refractivity (Wildman–Crippen MR) is 129 cm³/mol. The third-order valence-corrected chi connectivity index (χ3v) is 6.44. The van der Waals surface area contributed by atoms with Crippen molar-refractivity contribution in [3.63, 3.8) is 0 Å². The van der Waals surface area contributed by atoms with E-state index in [0.717, 1.165) is 5.56 Å². The maximum Gasteiger partial charge on any atom is 0.295 e. The topological polar surface area (TPSA) is 129 Å². The Labute approximate surface area is 210 Å². The van der Waals surface area contributed by atoms with Crippen molar-refractivity contribution in [3.8, 4) is 17.0 Å². The van der Waals surface area contributed by atoms with Gasteiger partial charge in [-0.3, -0.25) is 18.7 Å². The van der Waals surface area contributed by atoms with Gasteiger partial charge in [0.1, 0.15) is 11.7 Å². The van der Waals surface area contributed by atoms with Crippen LogP contribution in [0.4, 0.5) is 8.78 Å². The average molecular weight is 510 g/mol. The number of fused-ring (bicyclic) bond motifs is 1. The van der Waals surface area contributed by atoms with Crippen LogP contribution in [0.1, 0.15) is 58.8 Å². The summed E-state index contributed by atoms with van der Waals surface area (Å²) in [5.41, 5.74) is 7.29. The van der Waals surface area contributed by atoms with Gasteiger partial charge in [-0.25, -0.2) is 18.7 Å². The highest BCUT2D eigenvalue weighted by Gasteiger charge is 2.28. The fourth-order valence-electron chi connectivity index (χ4n) is 4.58. The summed E-state index contributed by atoms with van der Waals surface area (Å²) in [7, 11) is 1.77. The molecule has 4 heterocycles. The largest absolute Gasteiger partial charge is 0.474 e. The normalized spacial score (nSPS) is 17.7. The van der Waals surface area contributed by atoms with Gasteiger partial charge in [-0.15, -0.1) is 0 Å². The van der Waals surface area contributed by atoms with Gasteiger partial charge in [-0.1, -0.05) is 6.07 Å². The lowest BCUT2D eigenvalue weighted by Crippen LogP contribution is -2.40. The Hall–Kier alpha value is -4.35. The zero-order chi connectivity index (χ0) is 26.1. The van der Waals surface area contributed by atoms with Crippen molar-refractivity contribution in [2.24, 2.45) is 12.8 Å². The highest BCUT2D eigenvalue weighted by atomic mass is 19.3. The summed E-state index contributed by atoms with van der Waals surface area (Å²) in [4.78, 5) is 32.8. The first-order valence-electron chi connectivity index (χ1n) is 11.8. The second kappa shape index (κ2) is 9.96. The Kier molecular flexibility index (Phi) is 6.55. The van der Waals surface area contributed by atoms with E-state index in [0.29, 0.717) is 36.8 Å². The number of aryl methyl sites for hydroxylation is 1. The highest BCUT2D eigenvalue weighted by molar-refractivity contribution is 5.99. The van der Waals surface area contributed by atoms with Crippen LogP contribution in [-0.4, -0.2) is 48.1 Å². The lowest BCUT2D eigenvalue weighted by Gasteiger charge is -2.29. The zero-order valence-corrected chi connectivity index (χ0v) is 20.0. The summed E-state index contributed by atoms with van der Waals surface area (Å²) in [6, 6.07) is 6.36. The number of primary amides is 1. The molecule has 0 aliphatic heterocycles. The van der Waals surface area contributed by atoms with Crippen molar-refractivity contribution in [3.05, 3.63) is 66.1 Å². The van der Waals surface area contributed by atoms with E-state index in [9.17, 15) is 18.4 Å². The Bertz CT molecular complexity index is 1460. The van der Waals surface area contributed by atoms with Crippen molar-refractivity contribution in [2.75, 3.05) is 0 Å². The molecule has 1 saturated carbocycles. The third kappa shape index (κ3) is 4.99. The number of hydrogen-bond acceptors (Lipinski definition) is 6. The minimum Gasteiger partial charge on any atom is -0.474 e. The van der Waals surface area contributed by atoms with E-state index in [4.69, 9.17) is 10.5 Å². The molecule has 1 aliphatic carbocycles. The van der Waals surface area contributed by atoms with Crippen molar-refractivity contribution >= 4 is 17.3 Å². The van der Waals surface area contributed by atoms with Crippen LogP contribution in [0.25, 0.3) is 16.6 Å². The van der Waals surface area contributed by atoms with Crippen LogP contribution in [0.2, 0.25) is 0 Å². The molecule has 2 amide bonds. The molecule has 4 aromatic rings. The maximum absolute atomic E-state index is 13.8. The first-order chi connectivity index (χ1) is 17.8. The Balaban J connectivity index is 1.28. The van der Waals surface area contributed by atoms with Crippen LogP contribution >= 0.6 is 0 Å². The van der Waals surface area contributed by atoms with Crippen LogP contribution in [0, 0.1) is 0 Å². The molecule has 10 nitrogen and oxygen atoms in total. The molecule has 0 aromatic carbocycles. The quantitative estimate of drug-likeness (QED) is 0.393. The number of hydrogen-bond donors (Lipinski definition) is 2. The van der Waals surface area contributed by atoms with Gasteiger partial charge in [-0.05, 0) is 43.9 Å². The molecule has 192 valence electrons. The van der Waals surface area contributed by atoms with Crippen molar-refractivity contribution in [1.29, 1.82) is 0 Å². The Morgan fingerprint density at radius 2 is 1.92 bits per heavy atom. The van der Waals surface area contributed by atoms with E-state index in [1.165, 1.54) is 16.8 Å². The summed E-state index contributed by atoms with van der Waals surface area (Å²) in [6.07, 6.45) is 5.86. The lowest BCUT2D eigenvalue weighted by atomic mass is 9.93. The van der Waals surface area contributed by atoms with E-state index in [1.807, 2.05) is 0 Å². The third-order valence-electron chi connectivity index (χ3n) is 6.44. The van der Waals surface area contributed by atoms with E-state index in [-0.39, 0.29) is 29.3 Å². The highest BCUT2D eigenvalue weighted by Crippen LogP contribution is 2.28. The van der Waals surface area contributed by atoms with Gasteiger partial charge in [-0.2, -0.15) is 5.10 Å².